The van der Waals surface area contributed by atoms with Gasteiger partial charge in [-0.1, -0.05) is 79.7 Å². The van der Waals surface area contributed by atoms with Gasteiger partial charge in [-0.3, -0.25) is 14.6 Å². The number of rotatable bonds is 7. The summed E-state index contributed by atoms with van der Waals surface area (Å²) in [5.41, 5.74) is 3.96. The molecule has 0 bridgehead atoms. The van der Waals surface area contributed by atoms with Crippen LogP contribution in [0.2, 0.25) is 0 Å². The van der Waals surface area contributed by atoms with Crippen molar-refractivity contribution in [3.63, 3.8) is 0 Å². The third-order valence-corrected chi connectivity index (χ3v) is 7.28. The Hall–Kier alpha value is -3.80. The summed E-state index contributed by atoms with van der Waals surface area (Å²) in [6.07, 6.45) is 2.62. The maximum absolute atomic E-state index is 13.4. The average Bonchev–Trinajstić information content (AvgIpc) is 3.27. The normalized spacial score (nSPS) is 19.7. The van der Waals surface area contributed by atoms with Crippen molar-refractivity contribution < 1.29 is 19.2 Å². The molecule has 6 nitrogen and oxygen atoms in total. The number of aliphatic hydroxyl groups is 1. The van der Waals surface area contributed by atoms with Crippen molar-refractivity contribution in [3.05, 3.63) is 100 Å². The highest BCUT2D eigenvalue weighted by Crippen LogP contribution is 2.37. The Kier molecular flexibility index (Phi) is 6.92. The third kappa shape index (κ3) is 5.48. The van der Waals surface area contributed by atoms with Gasteiger partial charge in [0.05, 0.1) is 23.4 Å². The number of nitrogens with zero attached hydrogens (tertiary/aromatic N) is 2. The first-order valence-corrected chi connectivity index (χ1v) is 12.9. The Balaban J connectivity index is 1.43. The van der Waals surface area contributed by atoms with Crippen LogP contribution in [0.3, 0.4) is 0 Å². The number of allylic oxidation sites excluding steroid dienone is 2. The molecule has 0 saturated carbocycles. The van der Waals surface area contributed by atoms with Crippen molar-refractivity contribution >= 4 is 17.3 Å². The quantitative estimate of drug-likeness (QED) is 0.384. The Morgan fingerprint density at radius 2 is 1.70 bits per heavy atom. The molecule has 0 fully saturated rings. The molecule has 0 saturated heterocycles. The summed E-state index contributed by atoms with van der Waals surface area (Å²) in [7, 11) is 0. The highest BCUT2D eigenvalue weighted by molar-refractivity contribution is 6.23. The average molecular weight is 497 g/mol. The van der Waals surface area contributed by atoms with Crippen molar-refractivity contribution in [3.8, 4) is 0 Å². The number of carbonyl (C=O) groups excluding carboxylic acids is 2. The Labute approximate surface area is 217 Å². The SMILES string of the molecule is CC1(C)CC(=O)c2c(CCC(=NCc3ccccc3)C3=C(O)CC(c4ccccc4)CC3=O)noc2C1. The molecule has 1 N–H and O–H groups in total. The minimum Gasteiger partial charge on any atom is -0.511 e. The maximum Gasteiger partial charge on any atom is 0.168 e. The number of benzene rings is 2. The number of Topliss-reactive ketones (excluding diaryl/α,β-unsaturated/α-hetero) is 2. The summed E-state index contributed by atoms with van der Waals surface area (Å²) in [5.74, 6) is 0.602. The second kappa shape index (κ2) is 10.3. The smallest absolute Gasteiger partial charge is 0.168 e. The molecule has 190 valence electrons. The van der Waals surface area contributed by atoms with Gasteiger partial charge in [0.25, 0.3) is 0 Å². The topological polar surface area (TPSA) is 92.8 Å². The fourth-order valence-corrected chi connectivity index (χ4v) is 5.46. The van der Waals surface area contributed by atoms with E-state index < -0.39 is 0 Å². The minimum absolute atomic E-state index is 0.0479. The number of aliphatic hydroxyl groups excluding tert-OH is 1. The second-order valence-electron chi connectivity index (χ2n) is 10.9. The fraction of sp³-hybridized carbons (Fsp3) is 0.355. The first-order chi connectivity index (χ1) is 17.8. The van der Waals surface area contributed by atoms with Crippen LogP contribution < -0.4 is 0 Å². The van der Waals surface area contributed by atoms with E-state index in [1.54, 1.807) is 0 Å². The monoisotopic (exact) mass is 496 g/mol. The van der Waals surface area contributed by atoms with Crippen LogP contribution in [0.1, 0.15) is 78.4 Å². The van der Waals surface area contributed by atoms with E-state index in [9.17, 15) is 14.7 Å². The zero-order valence-electron chi connectivity index (χ0n) is 21.4. The number of aromatic nitrogens is 1. The molecule has 1 atom stereocenters. The number of carbonyl (C=O) groups is 2. The van der Waals surface area contributed by atoms with Gasteiger partial charge in [0.1, 0.15) is 11.5 Å². The second-order valence-corrected chi connectivity index (χ2v) is 10.9. The van der Waals surface area contributed by atoms with E-state index in [4.69, 9.17) is 9.52 Å². The number of ketones is 2. The summed E-state index contributed by atoms with van der Waals surface area (Å²) in [6, 6.07) is 19.6. The van der Waals surface area contributed by atoms with E-state index in [1.807, 2.05) is 60.7 Å². The lowest BCUT2D eigenvalue weighted by Gasteiger charge is -2.26. The summed E-state index contributed by atoms with van der Waals surface area (Å²) in [4.78, 5) is 31.1. The van der Waals surface area contributed by atoms with Gasteiger partial charge < -0.3 is 9.63 Å². The highest BCUT2D eigenvalue weighted by Gasteiger charge is 2.37. The van der Waals surface area contributed by atoms with Gasteiger partial charge in [-0.25, -0.2) is 0 Å². The number of hydrogen-bond acceptors (Lipinski definition) is 6. The molecule has 2 aromatic carbocycles. The van der Waals surface area contributed by atoms with E-state index in [0.29, 0.717) is 73.4 Å². The van der Waals surface area contributed by atoms with Gasteiger partial charge in [0.2, 0.25) is 0 Å². The molecule has 2 aliphatic rings. The van der Waals surface area contributed by atoms with Crippen LogP contribution in [0, 0.1) is 5.41 Å². The van der Waals surface area contributed by atoms with Gasteiger partial charge in [-0.05, 0) is 35.3 Å². The molecule has 0 radical (unpaired) electrons. The Morgan fingerprint density at radius 1 is 1.00 bits per heavy atom. The first-order valence-electron chi connectivity index (χ1n) is 12.9. The summed E-state index contributed by atoms with van der Waals surface area (Å²) < 4.78 is 5.57. The van der Waals surface area contributed by atoms with Crippen molar-refractivity contribution in [1.29, 1.82) is 0 Å². The molecule has 0 amide bonds. The van der Waals surface area contributed by atoms with Crippen LogP contribution in [0.5, 0.6) is 0 Å². The van der Waals surface area contributed by atoms with E-state index in [-0.39, 0.29) is 28.7 Å². The van der Waals surface area contributed by atoms with Crippen LogP contribution in [-0.2, 0) is 24.2 Å². The molecule has 1 heterocycles. The van der Waals surface area contributed by atoms with Crippen molar-refractivity contribution in [2.75, 3.05) is 0 Å². The lowest BCUT2D eigenvalue weighted by molar-refractivity contribution is -0.116. The third-order valence-electron chi connectivity index (χ3n) is 7.28. The predicted octanol–water partition coefficient (Wildman–Crippen LogP) is 6.36. The Bertz CT molecular complexity index is 1370. The maximum atomic E-state index is 13.4. The number of aryl methyl sites for hydroxylation is 1. The van der Waals surface area contributed by atoms with Gasteiger partial charge in [0, 0.05) is 31.4 Å². The van der Waals surface area contributed by atoms with Crippen LogP contribution in [0.15, 0.2) is 81.5 Å². The molecule has 37 heavy (non-hydrogen) atoms. The largest absolute Gasteiger partial charge is 0.511 e. The molecule has 0 aliphatic heterocycles. The molecular formula is C31H32N2O4. The molecular weight excluding hydrogens is 464 g/mol. The number of aliphatic imine (C=N–C) groups is 1. The highest BCUT2D eigenvalue weighted by atomic mass is 16.5. The lowest BCUT2D eigenvalue weighted by Crippen LogP contribution is -2.27. The van der Waals surface area contributed by atoms with Crippen LogP contribution >= 0.6 is 0 Å². The van der Waals surface area contributed by atoms with Gasteiger partial charge in [-0.2, -0.15) is 0 Å². The fourth-order valence-electron chi connectivity index (χ4n) is 5.46. The number of hydrogen-bond donors (Lipinski definition) is 1. The molecule has 6 heteroatoms. The predicted molar refractivity (Wildman–Crippen MR) is 142 cm³/mol. The molecule has 1 unspecified atom stereocenters. The summed E-state index contributed by atoms with van der Waals surface area (Å²) in [5, 5.41) is 15.3. The van der Waals surface area contributed by atoms with Gasteiger partial charge in [0.15, 0.2) is 11.6 Å². The summed E-state index contributed by atoms with van der Waals surface area (Å²) >= 11 is 0. The Morgan fingerprint density at radius 3 is 2.41 bits per heavy atom. The van der Waals surface area contributed by atoms with E-state index in [1.165, 1.54) is 0 Å². The van der Waals surface area contributed by atoms with Crippen LogP contribution in [0.4, 0.5) is 0 Å². The van der Waals surface area contributed by atoms with E-state index in [0.717, 1.165) is 11.1 Å². The van der Waals surface area contributed by atoms with Crippen molar-refractivity contribution in [1.82, 2.24) is 5.16 Å². The van der Waals surface area contributed by atoms with E-state index >= 15 is 0 Å². The lowest BCUT2D eigenvalue weighted by atomic mass is 9.75. The summed E-state index contributed by atoms with van der Waals surface area (Å²) in [6.45, 7) is 4.50. The van der Waals surface area contributed by atoms with Crippen LogP contribution in [-0.4, -0.2) is 27.5 Å². The van der Waals surface area contributed by atoms with Crippen molar-refractivity contribution in [2.24, 2.45) is 10.4 Å². The van der Waals surface area contributed by atoms with E-state index in [2.05, 4.69) is 19.0 Å². The molecule has 0 spiro atoms. The standard InChI is InChI=1S/C31H32N2O4/c1-31(2)17-27(36)30-24(33-37-28(30)18-31)14-13-23(32-19-20-9-5-3-6-10-20)29-25(34)15-22(16-26(29)35)21-11-7-4-8-12-21/h3-12,22,34H,13-19H2,1-2H3. The zero-order chi connectivity index (χ0) is 26.0. The molecule has 1 aromatic heterocycles. The molecule has 5 rings (SSSR count). The minimum atomic E-state index is -0.149. The first kappa shape index (κ1) is 24.9. The number of fused-ring (bicyclic) bond motifs is 1. The van der Waals surface area contributed by atoms with Gasteiger partial charge >= 0.3 is 0 Å². The van der Waals surface area contributed by atoms with Gasteiger partial charge in [-0.15, -0.1) is 0 Å². The molecule has 2 aliphatic carbocycles. The van der Waals surface area contributed by atoms with Crippen LogP contribution in [0.25, 0.3) is 0 Å². The molecule has 3 aromatic rings. The zero-order valence-corrected chi connectivity index (χ0v) is 21.4. The van der Waals surface area contributed by atoms with Crippen molar-refractivity contribution in [2.45, 2.75) is 64.8 Å².